The first-order valence-corrected chi connectivity index (χ1v) is 8.14. The SMILES string of the molecule is O=C(C[C@@H]1CC(=O)Oc2ccccc21)NCc1ccc2c(c1)OCO2. The maximum atomic E-state index is 12.3. The number of nitrogens with one attached hydrogen (secondary N) is 1. The topological polar surface area (TPSA) is 73.9 Å². The van der Waals surface area contributed by atoms with Gasteiger partial charge in [0.25, 0.3) is 0 Å². The van der Waals surface area contributed by atoms with Crippen LogP contribution in [0.1, 0.15) is 29.9 Å². The lowest BCUT2D eigenvalue weighted by Gasteiger charge is -2.23. The largest absolute Gasteiger partial charge is 0.454 e. The number of amides is 1. The van der Waals surface area contributed by atoms with E-state index in [1.807, 2.05) is 36.4 Å². The summed E-state index contributed by atoms with van der Waals surface area (Å²) in [6.45, 7) is 0.622. The van der Waals surface area contributed by atoms with Gasteiger partial charge in [0.2, 0.25) is 12.7 Å². The lowest BCUT2D eigenvalue weighted by molar-refractivity contribution is -0.136. The fourth-order valence-corrected chi connectivity index (χ4v) is 3.12. The molecule has 1 atom stereocenters. The van der Waals surface area contributed by atoms with Gasteiger partial charge in [-0.2, -0.15) is 0 Å². The highest BCUT2D eigenvalue weighted by atomic mass is 16.7. The highest BCUT2D eigenvalue weighted by Gasteiger charge is 2.28. The molecule has 0 spiro atoms. The van der Waals surface area contributed by atoms with Crippen molar-refractivity contribution in [1.82, 2.24) is 5.32 Å². The van der Waals surface area contributed by atoms with Crippen molar-refractivity contribution in [2.75, 3.05) is 6.79 Å². The Bertz CT molecular complexity index is 832. The van der Waals surface area contributed by atoms with Crippen LogP contribution in [-0.2, 0) is 16.1 Å². The lowest BCUT2D eigenvalue weighted by Crippen LogP contribution is -2.28. The maximum Gasteiger partial charge on any atom is 0.311 e. The minimum Gasteiger partial charge on any atom is -0.454 e. The van der Waals surface area contributed by atoms with E-state index < -0.39 is 0 Å². The number of benzene rings is 2. The summed E-state index contributed by atoms with van der Waals surface area (Å²) >= 11 is 0. The summed E-state index contributed by atoms with van der Waals surface area (Å²) in [4.78, 5) is 24.0. The number of carbonyl (C=O) groups is 2. The molecule has 6 heteroatoms. The fourth-order valence-electron chi connectivity index (χ4n) is 3.12. The van der Waals surface area contributed by atoms with Gasteiger partial charge in [-0.15, -0.1) is 0 Å². The molecule has 128 valence electrons. The van der Waals surface area contributed by atoms with Gasteiger partial charge >= 0.3 is 5.97 Å². The van der Waals surface area contributed by atoms with E-state index in [4.69, 9.17) is 14.2 Å². The highest BCUT2D eigenvalue weighted by Crippen LogP contribution is 2.36. The molecule has 1 amide bonds. The molecule has 0 unspecified atom stereocenters. The predicted molar refractivity (Wildman–Crippen MR) is 88.5 cm³/mol. The molecule has 0 aromatic heterocycles. The molecule has 0 bridgehead atoms. The number of para-hydroxylation sites is 1. The third-order valence-corrected chi connectivity index (χ3v) is 4.35. The van der Waals surface area contributed by atoms with Gasteiger partial charge in [-0.3, -0.25) is 9.59 Å². The molecule has 2 aliphatic heterocycles. The molecule has 1 N–H and O–H groups in total. The Morgan fingerprint density at radius 3 is 2.84 bits per heavy atom. The van der Waals surface area contributed by atoms with E-state index in [-0.39, 0.29) is 37.4 Å². The molecule has 2 aromatic rings. The number of esters is 1. The summed E-state index contributed by atoms with van der Waals surface area (Å²) in [6, 6.07) is 12.9. The van der Waals surface area contributed by atoms with Crippen molar-refractivity contribution in [1.29, 1.82) is 0 Å². The van der Waals surface area contributed by atoms with Crippen LogP contribution in [0.3, 0.4) is 0 Å². The van der Waals surface area contributed by atoms with E-state index in [0.29, 0.717) is 23.8 Å². The van der Waals surface area contributed by atoms with Crippen LogP contribution in [0.5, 0.6) is 17.2 Å². The molecule has 25 heavy (non-hydrogen) atoms. The first kappa shape index (κ1) is 15.5. The Morgan fingerprint density at radius 1 is 1.08 bits per heavy atom. The zero-order chi connectivity index (χ0) is 17.2. The summed E-state index contributed by atoms with van der Waals surface area (Å²) in [5.74, 6) is 1.39. The quantitative estimate of drug-likeness (QED) is 0.684. The zero-order valence-electron chi connectivity index (χ0n) is 13.5. The molecule has 0 saturated heterocycles. The van der Waals surface area contributed by atoms with Crippen molar-refractivity contribution in [3.8, 4) is 17.2 Å². The van der Waals surface area contributed by atoms with Gasteiger partial charge in [-0.1, -0.05) is 24.3 Å². The molecule has 2 aliphatic rings. The molecule has 0 aliphatic carbocycles. The Balaban J connectivity index is 1.39. The van der Waals surface area contributed by atoms with Gasteiger partial charge in [-0.25, -0.2) is 0 Å². The predicted octanol–water partition coefficient (Wildman–Crippen LogP) is 2.51. The fraction of sp³-hybridized carbons (Fsp3) is 0.263. The van der Waals surface area contributed by atoms with Gasteiger partial charge in [0.1, 0.15) is 5.75 Å². The smallest absolute Gasteiger partial charge is 0.311 e. The van der Waals surface area contributed by atoms with Crippen molar-refractivity contribution in [2.45, 2.75) is 25.3 Å². The minimum atomic E-state index is -0.299. The van der Waals surface area contributed by atoms with E-state index in [0.717, 1.165) is 11.1 Å². The first-order valence-electron chi connectivity index (χ1n) is 8.14. The van der Waals surface area contributed by atoms with Gasteiger partial charge in [0.05, 0.1) is 6.42 Å². The van der Waals surface area contributed by atoms with Crippen molar-refractivity contribution in [3.63, 3.8) is 0 Å². The van der Waals surface area contributed by atoms with Crippen molar-refractivity contribution in [2.24, 2.45) is 0 Å². The molecule has 2 aromatic carbocycles. The minimum absolute atomic E-state index is 0.104. The van der Waals surface area contributed by atoms with Crippen molar-refractivity contribution < 1.29 is 23.8 Å². The molecule has 4 rings (SSSR count). The van der Waals surface area contributed by atoms with Crippen LogP contribution < -0.4 is 19.5 Å². The highest BCUT2D eigenvalue weighted by molar-refractivity contribution is 5.81. The van der Waals surface area contributed by atoms with E-state index in [1.165, 1.54) is 0 Å². The number of carbonyl (C=O) groups excluding carboxylic acids is 2. The zero-order valence-corrected chi connectivity index (χ0v) is 13.5. The molecule has 6 nitrogen and oxygen atoms in total. The monoisotopic (exact) mass is 339 g/mol. The Labute approximate surface area is 144 Å². The number of rotatable bonds is 4. The summed E-state index contributed by atoms with van der Waals surface area (Å²) in [5.41, 5.74) is 1.83. The Kier molecular flexibility index (Phi) is 4.01. The van der Waals surface area contributed by atoms with Crippen LogP contribution in [0.15, 0.2) is 42.5 Å². The van der Waals surface area contributed by atoms with Gasteiger partial charge in [-0.05, 0) is 29.3 Å². The molecule has 0 fully saturated rings. The molecular formula is C19H17NO5. The third-order valence-electron chi connectivity index (χ3n) is 4.35. The average molecular weight is 339 g/mol. The van der Waals surface area contributed by atoms with Crippen molar-refractivity contribution >= 4 is 11.9 Å². The van der Waals surface area contributed by atoms with E-state index in [9.17, 15) is 9.59 Å². The standard InChI is InChI=1S/C19H17NO5/c21-18(20-10-12-5-6-16-17(7-12)24-11-23-16)8-13-9-19(22)25-15-4-2-1-3-14(13)15/h1-7,13H,8-11H2,(H,20,21)/t13-/m1/s1. The molecular weight excluding hydrogens is 322 g/mol. The van der Waals surface area contributed by atoms with Gasteiger partial charge in [0.15, 0.2) is 11.5 Å². The number of hydrogen-bond acceptors (Lipinski definition) is 5. The number of ether oxygens (including phenoxy) is 3. The number of fused-ring (bicyclic) bond motifs is 2. The van der Waals surface area contributed by atoms with Crippen LogP contribution in [0.4, 0.5) is 0 Å². The summed E-state index contributed by atoms with van der Waals surface area (Å²) < 4.78 is 15.8. The normalized spacial score (nSPS) is 17.6. The Hall–Kier alpha value is -3.02. The first-order chi connectivity index (χ1) is 12.2. The van der Waals surface area contributed by atoms with E-state index >= 15 is 0 Å². The third kappa shape index (κ3) is 3.28. The maximum absolute atomic E-state index is 12.3. The van der Waals surface area contributed by atoms with Crippen LogP contribution in [0.25, 0.3) is 0 Å². The van der Waals surface area contributed by atoms with E-state index in [1.54, 1.807) is 6.07 Å². The van der Waals surface area contributed by atoms with Crippen molar-refractivity contribution in [3.05, 3.63) is 53.6 Å². The molecule has 0 saturated carbocycles. The molecule has 0 radical (unpaired) electrons. The van der Waals surface area contributed by atoms with Crippen LogP contribution >= 0.6 is 0 Å². The van der Waals surface area contributed by atoms with Crippen LogP contribution in [0.2, 0.25) is 0 Å². The molecule has 2 heterocycles. The van der Waals surface area contributed by atoms with Gasteiger partial charge < -0.3 is 19.5 Å². The summed E-state index contributed by atoms with van der Waals surface area (Å²) in [5, 5.41) is 2.90. The van der Waals surface area contributed by atoms with Crippen LogP contribution in [0, 0.1) is 0 Å². The Morgan fingerprint density at radius 2 is 1.92 bits per heavy atom. The second-order valence-corrected chi connectivity index (χ2v) is 6.08. The summed E-state index contributed by atoms with van der Waals surface area (Å²) in [7, 11) is 0. The second kappa shape index (κ2) is 6.47. The average Bonchev–Trinajstić information content (AvgIpc) is 3.07. The number of hydrogen-bond donors (Lipinski definition) is 1. The van der Waals surface area contributed by atoms with Gasteiger partial charge in [0, 0.05) is 18.9 Å². The second-order valence-electron chi connectivity index (χ2n) is 6.08. The lowest BCUT2D eigenvalue weighted by atomic mass is 9.89. The van der Waals surface area contributed by atoms with E-state index in [2.05, 4.69) is 5.32 Å². The van der Waals surface area contributed by atoms with Crippen LogP contribution in [-0.4, -0.2) is 18.7 Å². The summed E-state index contributed by atoms with van der Waals surface area (Å²) in [6.07, 6.45) is 0.463.